The predicted molar refractivity (Wildman–Crippen MR) is 106 cm³/mol. The zero-order valence-electron chi connectivity index (χ0n) is 16.0. The fourth-order valence-corrected chi connectivity index (χ4v) is 4.48. The molecule has 1 saturated heterocycles. The summed E-state index contributed by atoms with van der Waals surface area (Å²) in [6.45, 7) is 3.73. The lowest BCUT2D eigenvalue weighted by molar-refractivity contribution is -0.0283. The van der Waals surface area contributed by atoms with Crippen molar-refractivity contribution in [3.63, 3.8) is 0 Å². The van der Waals surface area contributed by atoms with Crippen molar-refractivity contribution >= 4 is 0 Å². The molecule has 146 valence electrons. The molecule has 5 heteroatoms. The van der Waals surface area contributed by atoms with E-state index in [1.165, 1.54) is 11.1 Å². The number of likely N-dealkylation sites (tertiary alicyclic amines) is 1. The zero-order chi connectivity index (χ0) is 18.8. The van der Waals surface area contributed by atoms with Gasteiger partial charge in [-0.2, -0.15) is 0 Å². The van der Waals surface area contributed by atoms with Crippen LogP contribution in [-0.4, -0.2) is 23.6 Å². The zero-order valence-corrected chi connectivity index (χ0v) is 16.0. The van der Waals surface area contributed by atoms with E-state index in [-0.39, 0.29) is 11.6 Å². The molecule has 3 aromatic rings. The van der Waals surface area contributed by atoms with Gasteiger partial charge in [0.2, 0.25) is 0 Å². The van der Waals surface area contributed by atoms with Crippen molar-refractivity contribution in [2.24, 2.45) is 0 Å². The van der Waals surface area contributed by atoms with Crippen LogP contribution in [-0.2, 0) is 13.1 Å². The predicted octanol–water partition coefficient (Wildman–Crippen LogP) is 4.52. The first kappa shape index (κ1) is 17.6. The van der Waals surface area contributed by atoms with E-state index in [4.69, 9.17) is 13.6 Å². The highest BCUT2D eigenvalue weighted by atomic mass is 16.5. The lowest BCUT2D eigenvalue weighted by Crippen LogP contribution is -2.51. The van der Waals surface area contributed by atoms with Gasteiger partial charge >= 0.3 is 0 Å². The normalized spacial score (nSPS) is 21.4. The Balaban J connectivity index is 1.29. The number of rotatable bonds is 5. The molecule has 28 heavy (non-hydrogen) atoms. The van der Waals surface area contributed by atoms with Crippen LogP contribution in [0.4, 0.5) is 0 Å². The molecular formula is C23H26N2O3. The number of ether oxygens (including phenoxy) is 1. The average molecular weight is 378 g/mol. The number of para-hydroxylation sites is 1. The van der Waals surface area contributed by atoms with E-state index in [1.807, 2.05) is 18.2 Å². The van der Waals surface area contributed by atoms with Gasteiger partial charge in [-0.1, -0.05) is 18.2 Å². The lowest BCUT2D eigenvalue weighted by Gasteiger charge is -2.47. The van der Waals surface area contributed by atoms with Crippen molar-refractivity contribution in [3.05, 3.63) is 78.1 Å². The molecule has 0 radical (unpaired) electrons. The molecule has 2 aliphatic heterocycles. The quantitative estimate of drug-likeness (QED) is 0.707. The summed E-state index contributed by atoms with van der Waals surface area (Å²) in [4.78, 5) is 2.46. The Kier molecular flexibility index (Phi) is 4.71. The summed E-state index contributed by atoms with van der Waals surface area (Å²) in [7, 11) is 0. The van der Waals surface area contributed by atoms with E-state index < -0.39 is 0 Å². The number of furan rings is 2. The second-order valence-corrected chi connectivity index (χ2v) is 7.95. The van der Waals surface area contributed by atoms with Gasteiger partial charge in [-0.05, 0) is 37.1 Å². The lowest BCUT2D eigenvalue weighted by atomic mass is 9.80. The van der Waals surface area contributed by atoms with Crippen LogP contribution in [0.2, 0.25) is 0 Å². The van der Waals surface area contributed by atoms with E-state index in [1.54, 1.807) is 18.8 Å². The topological polar surface area (TPSA) is 50.8 Å². The number of hydrogen-bond donors (Lipinski definition) is 1. The Hall–Kier alpha value is -2.50. The highest BCUT2D eigenvalue weighted by Gasteiger charge is 2.43. The van der Waals surface area contributed by atoms with Gasteiger partial charge in [0.05, 0.1) is 25.3 Å². The molecule has 1 aromatic carbocycles. The van der Waals surface area contributed by atoms with Crippen molar-refractivity contribution in [1.82, 2.24) is 10.2 Å². The summed E-state index contributed by atoms with van der Waals surface area (Å²) >= 11 is 0. The maximum absolute atomic E-state index is 6.60. The SMILES string of the molecule is c1coc(CN2CCC3(CC2)C[C@@H](NCc2ccoc2)c2ccccc2O3)c1. The molecule has 0 aliphatic carbocycles. The molecule has 4 heterocycles. The number of fused-ring (bicyclic) bond motifs is 1. The number of nitrogens with one attached hydrogen (secondary N) is 1. The van der Waals surface area contributed by atoms with Gasteiger partial charge in [0, 0.05) is 43.2 Å². The van der Waals surface area contributed by atoms with Crippen LogP contribution in [0, 0.1) is 0 Å². The molecule has 0 unspecified atom stereocenters. The molecule has 0 bridgehead atoms. The summed E-state index contributed by atoms with van der Waals surface area (Å²) in [6, 6.07) is 14.8. The fraction of sp³-hybridized carbons (Fsp3) is 0.391. The Bertz CT molecular complexity index is 880. The molecule has 1 spiro atoms. The maximum atomic E-state index is 6.60. The third-order valence-electron chi connectivity index (χ3n) is 6.06. The van der Waals surface area contributed by atoms with Gasteiger partial charge in [-0.15, -0.1) is 0 Å². The van der Waals surface area contributed by atoms with Gasteiger partial charge in [-0.3, -0.25) is 4.90 Å². The first-order valence-electron chi connectivity index (χ1n) is 10.1. The van der Waals surface area contributed by atoms with Crippen molar-refractivity contribution in [3.8, 4) is 5.75 Å². The third kappa shape index (κ3) is 3.60. The Morgan fingerprint density at radius 1 is 1.04 bits per heavy atom. The number of benzene rings is 1. The number of nitrogens with zero attached hydrogens (tertiary/aromatic N) is 1. The van der Waals surface area contributed by atoms with E-state index in [0.29, 0.717) is 0 Å². The van der Waals surface area contributed by atoms with Gasteiger partial charge < -0.3 is 18.9 Å². The Morgan fingerprint density at radius 3 is 2.71 bits per heavy atom. The van der Waals surface area contributed by atoms with Crippen LogP contribution >= 0.6 is 0 Å². The molecule has 2 aliphatic rings. The minimum atomic E-state index is -0.0952. The van der Waals surface area contributed by atoms with Gasteiger partial charge in [0.25, 0.3) is 0 Å². The first-order chi connectivity index (χ1) is 13.8. The third-order valence-corrected chi connectivity index (χ3v) is 6.06. The molecule has 1 atom stereocenters. The molecule has 1 N–H and O–H groups in total. The Labute approximate surface area is 165 Å². The van der Waals surface area contributed by atoms with Crippen LogP contribution in [0.1, 0.15) is 42.2 Å². The summed E-state index contributed by atoms with van der Waals surface area (Å²) in [5, 5.41) is 3.73. The molecular weight excluding hydrogens is 352 g/mol. The molecule has 5 rings (SSSR count). The smallest absolute Gasteiger partial charge is 0.124 e. The minimum absolute atomic E-state index is 0.0952. The average Bonchev–Trinajstić information content (AvgIpc) is 3.42. The maximum Gasteiger partial charge on any atom is 0.124 e. The second kappa shape index (κ2) is 7.49. The van der Waals surface area contributed by atoms with Crippen molar-refractivity contribution in [2.75, 3.05) is 13.1 Å². The van der Waals surface area contributed by atoms with Crippen LogP contribution in [0.5, 0.6) is 5.75 Å². The van der Waals surface area contributed by atoms with Gasteiger partial charge in [-0.25, -0.2) is 0 Å². The van der Waals surface area contributed by atoms with Gasteiger partial charge in [0.1, 0.15) is 17.1 Å². The van der Waals surface area contributed by atoms with Crippen LogP contribution in [0.15, 0.2) is 70.1 Å². The van der Waals surface area contributed by atoms with E-state index in [2.05, 4.69) is 34.5 Å². The molecule has 0 amide bonds. The van der Waals surface area contributed by atoms with Crippen LogP contribution < -0.4 is 10.1 Å². The van der Waals surface area contributed by atoms with Gasteiger partial charge in [0.15, 0.2) is 0 Å². The second-order valence-electron chi connectivity index (χ2n) is 7.95. The van der Waals surface area contributed by atoms with Crippen molar-refractivity contribution in [2.45, 2.75) is 44.0 Å². The summed E-state index contributed by atoms with van der Waals surface area (Å²) in [6.07, 6.45) is 8.35. The first-order valence-corrected chi connectivity index (χ1v) is 10.1. The molecule has 5 nitrogen and oxygen atoms in total. The van der Waals surface area contributed by atoms with Crippen molar-refractivity contribution in [1.29, 1.82) is 0 Å². The monoisotopic (exact) mass is 378 g/mol. The fourth-order valence-electron chi connectivity index (χ4n) is 4.48. The standard InChI is InChI=1S/C23H26N2O3/c1-2-6-22-20(5-1)21(24-15-18-7-13-26-17-18)14-23(28-22)8-10-25(11-9-23)16-19-4-3-12-27-19/h1-7,12-13,17,21,24H,8-11,14-16H2/t21-/m1/s1. The molecule has 1 fully saturated rings. The minimum Gasteiger partial charge on any atom is -0.487 e. The summed E-state index contributed by atoms with van der Waals surface area (Å²) < 4.78 is 17.3. The van der Waals surface area contributed by atoms with E-state index >= 15 is 0 Å². The Morgan fingerprint density at radius 2 is 1.93 bits per heavy atom. The molecule has 0 saturated carbocycles. The summed E-state index contributed by atoms with van der Waals surface area (Å²) in [5.41, 5.74) is 2.34. The number of piperidine rings is 1. The van der Waals surface area contributed by atoms with E-state index in [0.717, 1.165) is 57.0 Å². The highest BCUT2D eigenvalue weighted by Crippen LogP contribution is 2.44. The summed E-state index contributed by atoms with van der Waals surface area (Å²) in [5.74, 6) is 2.06. The largest absolute Gasteiger partial charge is 0.487 e. The van der Waals surface area contributed by atoms with E-state index in [9.17, 15) is 0 Å². The van der Waals surface area contributed by atoms with Crippen LogP contribution in [0.3, 0.4) is 0 Å². The highest BCUT2D eigenvalue weighted by molar-refractivity contribution is 5.39. The van der Waals surface area contributed by atoms with Crippen LogP contribution in [0.25, 0.3) is 0 Å². The molecule has 2 aromatic heterocycles. The number of hydrogen-bond acceptors (Lipinski definition) is 5. The van der Waals surface area contributed by atoms with Crippen molar-refractivity contribution < 1.29 is 13.6 Å².